The summed E-state index contributed by atoms with van der Waals surface area (Å²) in [5, 5.41) is 0. The van der Waals surface area contributed by atoms with Gasteiger partial charge in [0.15, 0.2) is 0 Å². The van der Waals surface area contributed by atoms with Crippen LogP contribution in [0, 0.1) is 12.3 Å². The number of pyridine rings is 1. The van der Waals surface area contributed by atoms with Gasteiger partial charge in [-0.25, -0.2) is 0 Å². The third-order valence-electron chi connectivity index (χ3n) is 4.60. The van der Waals surface area contributed by atoms with E-state index >= 15 is 0 Å². The predicted molar refractivity (Wildman–Crippen MR) is 84.5 cm³/mol. The quantitative estimate of drug-likeness (QED) is 0.918. The summed E-state index contributed by atoms with van der Waals surface area (Å²) in [6, 6.07) is 7.04. The zero-order chi connectivity index (χ0) is 14.8. The normalized spacial score (nSPS) is 25.9. The molecule has 3 nitrogen and oxygen atoms in total. The van der Waals surface area contributed by atoms with Crippen molar-refractivity contribution in [2.24, 2.45) is 11.1 Å². The van der Waals surface area contributed by atoms with Crippen LogP contribution in [0.25, 0.3) is 0 Å². The Kier molecular flexibility index (Phi) is 4.82. The van der Waals surface area contributed by atoms with Gasteiger partial charge in [0, 0.05) is 24.3 Å². The molecule has 1 fully saturated rings. The van der Waals surface area contributed by atoms with Crippen molar-refractivity contribution in [3.8, 4) is 0 Å². The molecule has 0 saturated heterocycles. The standard InChI is InChI=1S/C17H29N3/c1-5-20(12-14-8-6-7-13(2)19-14)16-11-17(3,4)10-9-15(16)18/h6-8,15-16H,5,9-12,18H2,1-4H3. The molecule has 1 aliphatic rings. The number of aryl methyl sites for hydroxylation is 1. The summed E-state index contributed by atoms with van der Waals surface area (Å²) in [5.74, 6) is 0. The topological polar surface area (TPSA) is 42.2 Å². The maximum atomic E-state index is 6.40. The first-order valence-corrected chi connectivity index (χ1v) is 7.83. The highest BCUT2D eigenvalue weighted by atomic mass is 15.2. The van der Waals surface area contributed by atoms with Crippen molar-refractivity contribution in [3.05, 3.63) is 29.6 Å². The van der Waals surface area contributed by atoms with Gasteiger partial charge in [0.25, 0.3) is 0 Å². The lowest BCUT2D eigenvalue weighted by atomic mass is 9.72. The van der Waals surface area contributed by atoms with Crippen molar-refractivity contribution in [1.82, 2.24) is 9.88 Å². The number of hydrogen-bond donors (Lipinski definition) is 1. The summed E-state index contributed by atoms with van der Waals surface area (Å²) in [6.45, 7) is 10.9. The summed E-state index contributed by atoms with van der Waals surface area (Å²) in [6.07, 6.45) is 3.56. The van der Waals surface area contributed by atoms with Crippen LogP contribution >= 0.6 is 0 Å². The first-order valence-electron chi connectivity index (χ1n) is 7.83. The minimum absolute atomic E-state index is 0.299. The first kappa shape index (κ1) is 15.5. The summed E-state index contributed by atoms with van der Waals surface area (Å²) < 4.78 is 0. The third kappa shape index (κ3) is 3.80. The monoisotopic (exact) mass is 275 g/mol. The SMILES string of the molecule is CCN(Cc1cccc(C)n1)C1CC(C)(C)CCC1N. The molecule has 0 aromatic carbocycles. The summed E-state index contributed by atoms with van der Waals surface area (Å²) in [7, 11) is 0. The molecule has 1 aromatic heterocycles. The summed E-state index contributed by atoms with van der Waals surface area (Å²) in [4.78, 5) is 7.14. The van der Waals surface area contributed by atoms with Gasteiger partial charge < -0.3 is 5.73 Å². The van der Waals surface area contributed by atoms with Crippen molar-refractivity contribution in [2.75, 3.05) is 6.54 Å². The molecule has 2 rings (SSSR count). The predicted octanol–water partition coefficient (Wildman–Crippen LogP) is 3.12. The largest absolute Gasteiger partial charge is 0.326 e. The van der Waals surface area contributed by atoms with Crippen LogP contribution in [-0.4, -0.2) is 28.5 Å². The Morgan fingerprint density at radius 1 is 1.40 bits per heavy atom. The van der Waals surface area contributed by atoms with E-state index in [1.54, 1.807) is 0 Å². The van der Waals surface area contributed by atoms with E-state index < -0.39 is 0 Å². The Hall–Kier alpha value is -0.930. The van der Waals surface area contributed by atoms with Gasteiger partial charge in [-0.2, -0.15) is 0 Å². The van der Waals surface area contributed by atoms with Gasteiger partial charge in [-0.3, -0.25) is 9.88 Å². The van der Waals surface area contributed by atoms with Gasteiger partial charge in [-0.15, -0.1) is 0 Å². The molecule has 112 valence electrons. The number of aromatic nitrogens is 1. The molecular formula is C17H29N3. The molecular weight excluding hydrogens is 246 g/mol. The summed E-state index contributed by atoms with van der Waals surface area (Å²) >= 11 is 0. The lowest BCUT2D eigenvalue weighted by Gasteiger charge is -2.44. The van der Waals surface area contributed by atoms with E-state index in [1.807, 2.05) is 0 Å². The van der Waals surface area contributed by atoms with Gasteiger partial charge in [0.05, 0.1) is 5.69 Å². The Morgan fingerprint density at radius 3 is 2.80 bits per heavy atom. The van der Waals surface area contributed by atoms with Gasteiger partial charge >= 0.3 is 0 Å². The molecule has 1 aliphatic carbocycles. The molecule has 2 N–H and O–H groups in total. The highest BCUT2D eigenvalue weighted by Gasteiger charge is 2.35. The highest BCUT2D eigenvalue weighted by Crippen LogP contribution is 2.37. The number of likely N-dealkylation sites (N-methyl/N-ethyl adjacent to an activating group) is 1. The second-order valence-electron chi connectivity index (χ2n) is 6.97. The zero-order valence-electron chi connectivity index (χ0n) is 13.4. The second-order valence-corrected chi connectivity index (χ2v) is 6.97. The van der Waals surface area contributed by atoms with E-state index in [4.69, 9.17) is 5.73 Å². The van der Waals surface area contributed by atoms with Crippen LogP contribution in [0.3, 0.4) is 0 Å². The van der Waals surface area contributed by atoms with Crippen LogP contribution in [0.2, 0.25) is 0 Å². The van der Waals surface area contributed by atoms with Crippen LogP contribution in [-0.2, 0) is 6.54 Å². The molecule has 1 aromatic rings. The fraction of sp³-hybridized carbons (Fsp3) is 0.706. The molecule has 0 spiro atoms. The molecule has 20 heavy (non-hydrogen) atoms. The fourth-order valence-corrected chi connectivity index (χ4v) is 3.33. The first-order chi connectivity index (χ1) is 9.41. The van der Waals surface area contributed by atoms with Gasteiger partial charge in [0.2, 0.25) is 0 Å². The molecule has 0 radical (unpaired) electrons. The molecule has 0 amide bonds. The van der Waals surface area contributed by atoms with Crippen molar-refractivity contribution in [3.63, 3.8) is 0 Å². The Balaban J connectivity index is 2.10. The van der Waals surface area contributed by atoms with Crippen molar-refractivity contribution in [2.45, 2.75) is 65.6 Å². The lowest BCUT2D eigenvalue weighted by molar-refractivity contribution is 0.0753. The minimum atomic E-state index is 0.299. The van der Waals surface area contributed by atoms with Gasteiger partial charge in [0.1, 0.15) is 0 Å². The van der Waals surface area contributed by atoms with Crippen LogP contribution in [0.4, 0.5) is 0 Å². The molecule has 3 heteroatoms. The lowest BCUT2D eigenvalue weighted by Crippen LogP contribution is -2.52. The minimum Gasteiger partial charge on any atom is -0.326 e. The van der Waals surface area contributed by atoms with E-state index in [2.05, 4.69) is 55.8 Å². The van der Waals surface area contributed by atoms with Crippen LogP contribution in [0.5, 0.6) is 0 Å². The van der Waals surface area contributed by atoms with E-state index in [1.165, 1.54) is 12.8 Å². The Morgan fingerprint density at radius 2 is 2.15 bits per heavy atom. The molecule has 0 aliphatic heterocycles. The average Bonchev–Trinajstić information content (AvgIpc) is 2.39. The smallest absolute Gasteiger partial charge is 0.0547 e. The zero-order valence-corrected chi connectivity index (χ0v) is 13.4. The van der Waals surface area contributed by atoms with Crippen molar-refractivity contribution in [1.29, 1.82) is 0 Å². The second kappa shape index (κ2) is 6.23. The van der Waals surface area contributed by atoms with E-state index in [0.717, 1.165) is 30.9 Å². The van der Waals surface area contributed by atoms with Crippen molar-refractivity contribution >= 4 is 0 Å². The Labute approximate surface area is 123 Å². The molecule has 1 saturated carbocycles. The molecule has 0 bridgehead atoms. The number of nitrogens with zero attached hydrogens (tertiary/aromatic N) is 2. The number of rotatable bonds is 4. The maximum Gasteiger partial charge on any atom is 0.0547 e. The van der Waals surface area contributed by atoms with Gasteiger partial charge in [-0.1, -0.05) is 26.8 Å². The molecule has 1 heterocycles. The van der Waals surface area contributed by atoms with Crippen LogP contribution in [0.15, 0.2) is 18.2 Å². The average molecular weight is 275 g/mol. The van der Waals surface area contributed by atoms with E-state index in [0.29, 0.717) is 17.5 Å². The summed E-state index contributed by atoms with van der Waals surface area (Å²) in [5.41, 5.74) is 9.05. The number of hydrogen-bond acceptors (Lipinski definition) is 3. The number of nitrogens with two attached hydrogens (primary N) is 1. The third-order valence-corrected chi connectivity index (χ3v) is 4.60. The van der Waals surface area contributed by atoms with E-state index in [9.17, 15) is 0 Å². The highest BCUT2D eigenvalue weighted by molar-refractivity contribution is 5.10. The van der Waals surface area contributed by atoms with Crippen LogP contribution < -0.4 is 5.73 Å². The Bertz CT molecular complexity index is 442. The maximum absolute atomic E-state index is 6.40. The van der Waals surface area contributed by atoms with Crippen LogP contribution in [0.1, 0.15) is 51.4 Å². The van der Waals surface area contributed by atoms with E-state index in [-0.39, 0.29) is 0 Å². The molecule has 2 unspecified atom stereocenters. The molecule has 2 atom stereocenters. The fourth-order valence-electron chi connectivity index (χ4n) is 3.33. The van der Waals surface area contributed by atoms with Gasteiger partial charge in [-0.05, 0) is 50.3 Å². The van der Waals surface area contributed by atoms with Crippen molar-refractivity contribution < 1.29 is 0 Å².